The normalized spacial score (nSPS) is 12.8. The zero-order valence-corrected chi connectivity index (χ0v) is 16.7. The van der Waals surface area contributed by atoms with Gasteiger partial charge in [-0.05, 0) is 72.6 Å². The second-order valence-corrected chi connectivity index (χ2v) is 6.64. The summed E-state index contributed by atoms with van der Waals surface area (Å²) in [5.41, 5.74) is 5.60. The van der Waals surface area contributed by atoms with E-state index < -0.39 is 0 Å². The third kappa shape index (κ3) is 4.46. The topological polar surface area (TPSA) is 99.7 Å². The molecular formula is C22H20ClN5O2. The Balaban J connectivity index is 0.00000256. The SMILES string of the molecule is N#CCCc1ccc(C2=NN(c3ccc(O)cc3)N(c3ccc(O)cc3)[NH2+]2)cc1.[Cl-]. The molecule has 0 atom stereocenters. The number of phenolic OH excluding ortho intramolecular Hbond substituents is 2. The van der Waals surface area contributed by atoms with E-state index in [0.717, 1.165) is 34.8 Å². The molecule has 0 saturated carbocycles. The van der Waals surface area contributed by atoms with Crippen LogP contribution in [0, 0.1) is 11.3 Å². The molecule has 0 aromatic heterocycles. The van der Waals surface area contributed by atoms with E-state index >= 15 is 0 Å². The van der Waals surface area contributed by atoms with E-state index in [1.54, 1.807) is 41.5 Å². The molecule has 0 spiro atoms. The second kappa shape index (κ2) is 9.18. The Bertz CT molecular complexity index is 1060. The fraction of sp³-hybridized carbons (Fsp3) is 0.0909. The van der Waals surface area contributed by atoms with Gasteiger partial charge >= 0.3 is 0 Å². The van der Waals surface area contributed by atoms with Crippen molar-refractivity contribution in [3.8, 4) is 17.6 Å². The lowest BCUT2D eigenvalue weighted by Crippen LogP contribution is -3.00. The number of rotatable bonds is 5. The number of benzene rings is 3. The Kier molecular flexibility index (Phi) is 6.42. The third-order valence-electron chi connectivity index (χ3n) is 4.62. The van der Waals surface area contributed by atoms with Gasteiger partial charge in [-0.25, -0.2) is 0 Å². The van der Waals surface area contributed by atoms with Crippen LogP contribution in [0.2, 0.25) is 0 Å². The number of nitriles is 1. The largest absolute Gasteiger partial charge is 1.00 e. The van der Waals surface area contributed by atoms with Gasteiger partial charge in [0.25, 0.3) is 5.84 Å². The van der Waals surface area contributed by atoms with Crippen molar-refractivity contribution in [3.05, 3.63) is 83.9 Å². The van der Waals surface area contributed by atoms with Crippen LogP contribution in [0.15, 0.2) is 77.9 Å². The summed E-state index contributed by atoms with van der Waals surface area (Å²) < 4.78 is 0. The molecule has 152 valence electrons. The summed E-state index contributed by atoms with van der Waals surface area (Å²) in [6.45, 7) is 0. The number of aryl methyl sites for hydroxylation is 1. The summed E-state index contributed by atoms with van der Waals surface area (Å²) in [6, 6.07) is 23.8. The number of hydrogen-bond acceptors (Lipinski definition) is 6. The number of nitrogens with zero attached hydrogens (tertiary/aromatic N) is 4. The number of halogens is 1. The van der Waals surface area contributed by atoms with Crippen molar-refractivity contribution in [1.82, 2.24) is 0 Å². The average molecular weight is 422 g/mol. The van der Waals surface area contributed by atoms with E-state index in [4.69, 9.17) is 10.4 Å². The number of nitrogens with two attached hydrogens (primary N) is 1. The fourth-order valence-corrected chi connectivity index (χ4v) is 3.08. The number of phenols is 2. The summed E-state index contributed by atoms with van der Waals surface area (Å²) in [7, 11) is 0. The third-order valence-corrected chi connectivity index (χ3v) is 4.62. The highest BCUT2D eigenvalue weighted by Gasteiger charge is 2.31. The molecule has 3 aromatic rings. The van der Waals surface area contributed by atoms with Crippen LogP contribution >= 0.6 is 0 Å². The van der Waals surface area contributed by atoms with Crippen molar-refractivity contribution in [2.24, 2.45) is 5.10 Å². The van der Waals surface area contributed by atoms with Gasteiger partial charge < -0.3 is 22.6 Å². The number of hydrogen-bond donors (Lipinski definition) is 3. The molecule has 1 aliphatic rings. The second-order valence-electron chi connectivity index (χ2n) is 6.64. The van der Waals surface area contributed by atoms with Crippen molar-refractivity contribution in [1.29, 1.82) is 5.26 Å². The molecule has 30 heavy (non-hydrogen) atoms. The molecule has 0 radical (unpaired) electrons. The van der Waals surface area contributed by atoms with Crippen molar-refractivity contribution in [3.63, 3.8) is 0 Å². The van der Waals surface area contributed by atoms with Gasteiger partial charge in [-0.15, -0.1) is 10.2 Å². The summed E-state index contributed by atoms with van der Waals surface area (Å²) in [5.74, 6) is 1.15. The zero-order chi connectivity index (χ0) is 20.2. The Morgan fingerprint density at radius 1 is 0.833 bits per heavy atom. The molecule has 0 unspecified atom stereocenters. The first kappa shape index (κ1) is 21.0. The highest BCUT2D eigenvalue weighted by atomic mass is 35.5. The van der Waals surface area contributed by atoms with Crippen molar-refractivity contribution in [2.45, 2.75) is 12.8 Å². The van der Waals surface area contributed by atoms with E-state index in [2.05, 4.69) is 6.07 Å². The first-order valence-corrected chi connectivity index (χ1v) is 9.21. The van der Waals surface area contributed by atoms with Gasteiger partial charge in [-0.1, -0.05) is 17.2 Å². The van der Waals surface area contributed by atoms with Crippen LogP contribution in [0.5, 0.6) is 11.5 Å². The van der Waals surface area contributed by atoms with Gasteiger partial charge in [0.15, 0.2) is 0 Å². The summed E-state index contributed by atoms with van der Waals surface area (Å²) >= 11 is 0. The van der Waals surface area contributed by atoms with Crippen molar-refractivity contribution >= 4 is 17.2 Å². The van der Waals surface area contributed by atoms with E-state index in [1.807, 2.05) is 46.9 Å². The average Bonchev–Trinajstić information content (AvgIpc) is 3.19. The van der Waals surface area contributed by atoms with Crippen LogP contribution in [0.3, 0.4) is 0 Å². The molecule has 0 fully saturated rings. The number of hydrazone groups is 1. The van der Waals surface area contributed by atoms with E-state index in [-0.39, 0.29) is 23.9 Å². The van der Waals surface area contributed by atoms with Crippen molar-refractivity contribution in [2.75, 3.05) is 10.2 Å². The van der Waals surface area contributed by atoms with Gasteiger partial charge in [0.05, 0.1) is 17.3 Å². The van der Waals surface area contributed by atoms with Crippen LogP contribution < -0.4 is 28.1 Å². The molecular weight excluding hydrogens is 402 g/mol. The zero-order valence-electron chi connectivity index (χ0n) is 16.0. The maximum atomic E-state index is 9.61. The Hall–Kier alpha value is -3.73. The molecule has 0 saturated heterocycles. The van der Waals surface area contributed by atoms with Gasteiger partial charge in [0.1, 0.15) is 17.2 Å². The predicted octanol–water partition coefficient (Wildman–Crippen LogP) is -0.360. The number of quaternary nitrogens is 1. The quantitative estimate of drug-likeness (QED) is 0.489. The number of aromatic hydroxyl groups is 2. The minimum absolute atomic E-state index is 0. The van der Waals surface area contributed by atoms with Crippen LogP contribution in [0.25, 0.3) is 0 Å². The first-order chi connectivity index (χ1) is 14.1. The number of amidine groups is 1. The molecule has 1 heterocycles. The minimum atomic E-state index is 0. The molecule has 8 heteroatoms. The smallest absolute Gasteiger partial charge is 0.277 e. The molecule has 7 nitrogen and oxygen atoms in total. The fourth-order valence-electron chi connectivity index (χ4n) is 3.08. The predicted molar refractivity (Wildman–Crippen MR) is 110 cm³/mol. The maximum absolute atomic E-state index is 9.61. The van der Waals surface area contributed by atoms with E-state index in [1.165, 1.54) is 0 Å². The number of anilines is 2. The molecule has 4 N–H and O–H groups in total. The summed E-state index contributed by atoms with van der Waals surface area (Å²) in [4.78, 5) is 0. The molecule has 0 bridgehead atoms. The lowest BCUT2D eigenvalue weighted by atomic mass is 10.1. The summed E-state index contributed by atoms with van der Waals surface area (Å²) in [6.07, 6.45) is 1.22. The van der Waals surface area contributed by atoms with Gasteiger partial charge in [0.2, 0.25) is 0 Å². The molecule has 1 aliphatic heterocycles. The maximum Gasteiger partial charge on any atom is 0.277 e. The van der Waals surface area contributed by atoms with E-state index in [0.29, 0.717) is 6.42 Å². The van der Waals surface area contributed by atoms with Crippen LogP contribution in [-0.2, 0) is 6.42 Å². The monoisotopic (exact) mass is 421 g/mol. The molecule has 4 rings (SSSR count). The molecule has 0 aliphatic carbocycles. The van der Waals surface area contributed by atoms with Crippen LogP contribution in [-0.4, -0.2) is 16.0 Å². The Morgan fingerprint density at radius 2 is 1.40 bits per heavy atom. The van der Waals surface area contributed by atoms with Gasteiger partial charge in [-0.3, -0.25) is 0 Å². The Morgan fingerprint density at radius 3 is 1.97 bits per heavy atom. The van der Waals surface area contributed by atoms with Gasteiger partial charge in [0, 0.05) is 6.42 Å². The molecule has 0 amide bonds. The van der Waals surface area contributed by atoms with Gasteiger partial charge in [-0.2, -0.15) is 10.7 Å². The standard InChI is InChI=1S/C22H19N5O2.ClH/c23-15-1-2-16-3-5-17(6-4-16)22-24-26(18-7-11-20(28)12-8-18)27(25-22)19-9-13-21(29)14-10-19;/h3-14,28-29H,1-2H2,(H,24,25);1H. The van der Waals surface area contributed by atoms with Crippen LogP contribution in [0.1, 0.15) is 17.5 Å². The first-order valence-electron chi connectivity index (χ1n) is 9.21. The van der Waals surface area contributed by atoms with E-state index in [9.17, 15) is 10.2 Å². The van der Waals surface area contributed by atoms with Crippen LogP contribution in [0.4, 0.5) is 11.4 Å². The number of hydrazine groups is 1. The van der Waals surface area contributed by atoms with Crippen molar-refractivity contribution < 1.29 is 28.0 Å². The highest BCUT2D eigenvalue weighted by molar-refractivity contribution is 5.94. The lowest BCUT2D eigenvalue weighted by molar-refractivity contribution is -0.545. The highest BCUT2D eigenvalue weighted by Crippen LogP contribution is 2.25. The summed E-state index contributed by atoms with van der Waals surface area (Å²) in [5, 5.41) is 36.3. The Labute approximate surface area is 180 Å². The molecule has 3 aromatic carbocycles. The lowest BCUT2D eigenvalue weighted by Gasteiger charge is -2.23. The minimum Gasteiger partial charge on any atom is -1.00 e.